The minimum absolute atomic E-state index is 0.129. The molecule has 0 fully saturated rings. The summed E-state index contributed by atoms with van der Waals surface area (Å²) in [5.74, 6) is -0.00669. The lowest BCUT2D eigenvalue weighted by Crippen LogP contribution is -2.14. The Hall–Kier alpha value is -2.36. The van der Waals surface area contributed by atoms with Gasteiger partial charge in [-0.25, -0.2) is 0 Å². The number of carbonyl (C=O) groups is 1. The molecule has 0 saturated heterocycles. The number of amides is 1. The SMILES string of the molecule is O=C(Cc1cccnc1)Nc1cccc(O)c1. The molecular formula is C13H12N2O2. The monoisotopic (exact) mass is 228 g/mol. The first-order valence-corrected chi connectivity index (χ1v) is 5.22. The van der Waals surface area contributed by atoms with Gasteiger partial charge in [-0.3, -0.25) is 9.78 Å². The lowest BCUT2D eigenvalue weighted by molar-refractivity contribution is -0.115. The van der Waals surface area contributed by atoms with Gasteiger partial charge in [0, 0.05) is 24.1 Å². The van der Waals surface area contributed by atoms with E-state index in [9.17, 15) is 9.90 Å². The Bertz CT molecular complexity index is 512. The van der Waals surface area contributed by atoms with Gasteiger partial charge in [-0.1, -0.05) is 12.1 Å². The number of carbonyl (C=O) groups excluding carboxylic acids is 1. The molecule has 2 aromatic rings. The maximum atomic E-state index is 11.7. The molecule has 0 aliphatic carbocycles. The largest absolute Gasteiger partial charge is 0.508 e. The van der Waals surface area contributed by atoms with E-state index in [1.807, 2.05) is 6.07 Å². The predicted molar refractivity (Wildman–Crippen MR) is 64.7 cm³/mol. The number of aromatic nitrogens is 1. The second-order valence-electron chi connectivity index (χ2n) is 3.64. The number of hydrogen-bond acceptors (Lipinski definition) is 3. The van der Waals surface area contributed by atoms with Crippen LogP contribution in [-0.2, 0) is 11.2 Å². The molecular weight excluding hydrogens is 216 g/mol. The molecule has 86 valence electrons. The van der Waals surface area contributed by atoms with Gasteiger partial charge >= 0.3 is 0 Å². The van der Waals surface area contributed by atoms with E-state index in [0.29, 0.717) is 5.69 Å². The number of phenolic OH excluding ortho intramolecular Hbond substituents is 1. The average Bonchev–Trinajstić information content (AvgIpc) is 2.30. The smallest absolute Gasteiger partial charge is 0.228 e. The van der Waals surface area contributed by atoms with E-state index in [1.165, 1.54) is 6.07 Å². The maximum Gasteiger partial charge on any atom is 0.228 e. The van der Waals surface area contributed by atoms with Gasteiger partial charge in [0.05, 0.1) is 6.42 Å². The average molecular weight is 228 g/mol. The molecule has 1 amide bonds. The molecule has 2 N–H and O–H groups in total. The zero-order valence-corrected chi connectivity index (χ0v) is 9.13. The summed E-state index contributed by atoms with van der Waals surface area (Å²) in [7, 11) is 0. The Labute approximate surface area is 98.9 Å². The normalized spacial score (nSPS) is 9.88. The minimum atomic E-state index is -0.136. The number of anilines is 1. The van der Waals surface area contributed by atoms with Crippen LogP contribution >= 0.6 is 0 Å². The van der Waals surface area contributed by atoms with E-state index in [2.05, 4.69) is 10.3 Å². The van der Waals surface area contributed by atoms with Crippen molar-refractivity contribution in [3.05, 3.63) is 54.4 Å². The highest BCUT2D eigenvalue weighted by Crippen LogP contribution is 2.15. The third-order valence-corrected chi connectivity index (χ3v) is 2.22. The standard InChI is InChI=1S/C13H12N2O2/c16-12-5-1-4-11(8-12)15-13(17)7-10-3-2-6-14-9-10/h1-6,8-9,16H,7H2,(H,15,17). The number of nitrogens with zero attached hydrogens (tertiary/aromatic N) is 1. The topological polar surface area (TPSA) is 62.2 Å². The van der Waals surface area contributed by atoms with Gasteiger partial charge in [0.1, 0.15) is 5.75 Å². The molecule has 0 aliphatic rings. The molecule has 17 heavy (non-hydrogen) atoms. The van der Waals surface area contributed by atoms with Crippen LogP contribution in [0.4, 0.5) is 5.69 Å². The highest BCUT2D eigenvalue weighted by Gasteiger charge is 2.04. The Morgan fingerprint density at radius 2 is 2.18 bits per heavy atom. The Morgan fingerprint density at radius 3 is 2.88 bits per heavy atom. The van der Waals surface area contributed by atoms with Crippen LogP contribution in [-0.4, -0.2) is 16.0 Å². The molecule has 0 saturated carbocycles. The van der Waals surface area contributed by atoms with Gasteiger partial charge in [-0.15, -0.1) is 0 Å². The fraction of sp³-hybridized carbons (Fsp3) is 0.0769. The summed E-state index contributed by atoms with van der Waals surface area (Å²) in [4.78, 5) is 15.6. The van der Waals surface area contributed by atoms with Gasteiger partial charge in [-0.2, -0.15) is 0 Å². The van der Waals surface area contributed by atoms with Crippen molar-refractivity contribution < 1.29 is 9.90 Å². The number of benzene rings is 1. The summed E-state index contributed by atoms with van der Waals surface area (Å²) in [6.45, 7) is 0. The third-order valence-electron chi connectivity index (χ3n) is 2.22. The second-order valence-corrected chi connectivity index (χ2v) is 3.64. The van der Waals surface area contributed by atoms with Crippen LogP contribution in [0.2, 0.25) is 0 Å². The van der Waals surface area contributed by atoms with Crippen molar-refractivity contribution in [1.82, 2.24) is 4.98 Å². The van der Waals surface area contributed by atoms with Gasteiger partial charge in [0.2, 0.25) is 5.91 Å². The molecule has 0 atom stereocenters. The first kappa shape index (κ1) is 11.1. The van der Waals surface area contributed by atoms with Gasteiger partial charge in [0.25, 0.3) is 0 Å². The maximum absolute atomic E-state index is 11.7. The number of hydrogen-bond donors (Lipinski definition) is 2. The van der Waals surface area contributed by atoms with E-state index >= 15 is 0 Å². The fourth-order valence-corrected chi connectivity index (χ4v) is 1.48. The van der Waals surface area contributed by atoms with E-state index in [0.717, 1.165) is 5.56 Å². The molecule has 0 spiro atoms. The lowest BCUT2D eigenvalue weighted by Gasteiger charge is -2.05. The molecule has 1 heterocycles. The molecule has 1 aromatic carbocycles. The highest BCUT2D eigenvalue weighted by molar-refractivity contribution is 5.92. The minimum Gasteiger partial charge on any atom is -0.508 e. The summed E-state index contributed by atoms with van der Waals surface area (Å²) in [5, 5.41) is 12.0. The van der Waals surface area contributed by atoms with Crippen LogP contribution in [0.5, 0.6) is 5.75 Å². The zero-order valence-electron chi connectivity index (χ0n) is 9.13. The van der Waals surface area contributed by atoms with Gasteiger partial charge in [-0.05, 0) is 23.8 Å². The summed E-state index contributed by atoms with van der Waals surface area (Å²) in [6.07, 6.45) is 3.59. The number of pyridine rings is 1. The van der Waals surface area contributed by atoms with Crippen molar-refractivity contribution in [1.29, 1.82) is 0 Å². The lowest BCUT2D eigenvalue weighted by atomic mass is 10.2. The molecule has 0 aliphatic heterocycles. The molecule has 1 aromatic heterocycles. The van der Waals surface area contributed by atoms with E-state index < -0.39 is 0 Å². The van der Waals surface area contributed by atoms with Crippen molar-refractivity contribution in [3.8, 4) is 5.75 Å². The number of phenols is 1. The summed E-state index contributed by atoms with van der Waals surface area (Å²) < 4.78 is 0. The quantitative estimate of drug-likeness (QED) is 0.844. The Kier molecular flexibility index (Phi) is 3.35. The molecule has 0 unspecified atom stereocenters. The molecule has 4 heteroatoms. The van der Waals surface area contributed by atoms with E-state index in [1.54, 1.807) is 36.7 Å². The summed E-state index contributed by atoms with van der Waals surface area (Å²) >= 11 is 0. The van der Waals surface area contributed by atoms with Crippen molar-refractivity contribution in [3.63, 3.8) is 0 Å². The van der Waals surface area contributed by atoms with Crippen molar-refractivity contribution in [2.45, 2.75) is 6.42 Å². The van der Waals surface area contributed by atoms with Crippen molar-refractivity contribution in [2.75, 3.05) is 5.32 Å². The second kappa shape index (κ2) is 5.12. The predicted octanol–water partition coefficient (Wildman–Crippen LogP) is 1.97. The number of rotatable bonds is 3. The first-order chi connectivity index (χ1) is 8.24. The van der Waals surface area contributed by atoms with Crippen LogP contribution in [0.25, 0.3) is 0 Å². The van der Waals surface area contributed by atoms with Gasteiger partial charge in [0.15, 0.2) is 0 Å². The summed E-state index contributed by atoms with van der Waals surface area (Å²) in [6, 6.07) is 10.1. The van der Waals surface area contributed by atoms with Crippen LogP contribution in [0.1, 0.15) is 5.56 Å². The fourth-order valence-electron chi connectivity index (χ4n) is 1.48. The van der Waals surface area contributed by atoms with Crippen molar-refractivity contribution in [2.24, 2.45) is 0 Å². The zero-order chi connectivity index (χ0) is 12.1. The third kappa shape index (κ3) is 3.31. The van der Waals surface area contributed by atoms with Crippen LogP contribution in [0.15, 0.2) is 48.8 Å². The van der Waals surface area contributed by atoms with Crippen LogP contribution < -0.4 is 5.32 Å². The van der Waals surface area contributed by atoms with E-state index in [4.69, 9.17) is 0 Å². The van der Waals surface area contributed by atoms with Crippen molar-refractivity contribution >= 4 is 11.6 Å². The van der Waals surface area contributed by atoms with E-state index in [-0.39, 0.29) is 18.1 Å². The Morgan fingerprint density at radius 1 is 1.29 bits per heavy atom. The molecule has 4 nitrogen and oxygen atoms in total. The molecule has 0 radical (unpaired) electrons. The van der Waals surface area contributed by atoms with Crippen LogP contribution in [0, 0.1) is 0 Å². The number of aromatic hydroxyl groups is 1. The summed E-state index contributed by atoms with van der Waals surface area (Å²) in [5.41, 5.74) is 1.43. The Balaban J connectivity index is 1.98. The first-order valence-electron chi connectivity index (χ1n) is 5.22. The highest BCUT2D eigenvalue weighted by atomic mass is 16.3. The van der Waals surface area contributed by atoms with Gasteiger partial charge < -0.3 is 10.4 Å². The molecule has 2 rings (SSSR count). The molecule has 0 bridgehead atoms. The van der Waals surface area contributed by atoms with Crippen LogP contribution in [0.3, 0.4) is 0 Å². The number of nitrogens with one attached hydrogen (secondary N) is 1.